The molecule has 0 radical (unpaired) electrons. The maximum Gasteiger partial charge on any atom is 0.279 e. The van der Waals surface area contributed by atoms with Gasteiger partial charge in [-0.3, -0.25) is 9.59 Å². The van der Waals surface area contributed by atoms with E-state index in [1.54, 1.807) is 6.07 Å². The number of rotatable bonds is 4. The Morgan fingerprint density at radius 1 is 1.03 bits per heavy atom. The van der Waals surface area contributed by atoms with Gasteiger partial charge in [0.1, 0.15) is 0 Å². The fourth-order valence-corrected chi connectivity index (χ4v) is 6.27. The van der Waals surface area contributed by atoms with Gasteiger partial charge in [0, 0.05) is 38.3 Å². The van der Waals surface area contributed by atoms with Crippen molar-refractivity contribution in [3.8, 4) is 0 Å². The Balaban J connectivity index is 1.60. The number of nitrogens with zero attached hydrogens (tertiary/aromatic N) is 3. The van der Waals surface area contributed by atoms with Crippen LogP contribution in [-0.2, 0) is 21.9 Å². The van der Waals surface area contributed by atoms with Gasteiger partial charge < -0.3 is 9.88 Å². The van der Waals surface area contributed by atoms with Crippen molar-refractivity contribution in [3.05, 3.63) is 52.8 Å². The highest BCUT2D eigenvalue weighted by atomic mass is 32.2. The second-order valence-electron chi connectivity index (χ2n) is 7.71. The molecular weight excluding hydrogens is 448 g/mol. The Kier molecular flexibility index (Phi) is 6.27. The topological polar surface area (TPSA) is 101 Å². The minimum atomic E-state index is -3.54. The summed E-state index contributed by atoms with van der Waals surface area (Å²) in [6.07, 6.45) is 2.78. The standard InChI is InChI=1S/C22H24N4O4S2/c1-15(27)23-17-8-11-19-20(14-17)31-22(25(19)2)24-21(28)16-6-9-18(10-7-16)32(29,30)26-12-4-3-5-13-26/h6-11,14H,3-5,12-13H2,1-2H3,(H,23,27). The lowest BCUT2D eigenvalue weighted by atomic mass is 10.2. The molecule has 0 bridgehead atoms. The van der Waals surface area contributed by atoms with Gasteiger partial charge in [0.2, 0.25) is 15.9 Å². The summed E-state index contributed by atoms with van der Waals surface area (Å²) in [5.74, 6) is -0.604. The molecule has 1 N–H and O–H groups in total. The number of aryl methyl sites for hydroxylation is 1. The first-order chi connectivity index (χ1) is 15.3. The van der Waals surface area contributed by atoms with E-state index in [-0.39, 0.29) is 10.8 Å². The van der Waals surface area contributed by atoms with Crippen molar-refractivity contribution in [2.45, 2.75) is 31.1 Å². The Bertz CT molecular complexity index is 1350. The molecule has 168 valence electrons. The molecule has 1 aromatic heterocycles. The first-order valence-corrected chi connectivity index (χ1v) is 12.6. The molecule has 0 aliphatic carbocycles. The lowest BCUT2D eigenvalue weighted by Gasteiger charge is -2.25. The van der Waals surface area contributed by atoms with Crippen LogP contribution in [-0.4, -0.2) is 42.2 Å². The van der Waals surface area contributed by atoms with Gasteiger partial charge in [-0.15, -0.1) is 0 Å². The molecule has 2 aromatic carbocycles. The Morgan fingerprint density at radius 2 is 1.72 bits per heavy atom. The summed E-state index contributed by atoms with van der Waals surface area (Å²) in [6.45, 7) is 2.51. The first kappa shape index (κ1) is 22.4. The maximum absolute atomic E-state index is 12.8. The molecule has 32 heavy (non-hydrogen) atoms. The predicted molar refractivity (Wildman–Crippen MR) is 124 cm³/mol. The highest BCUT2D eigenvalue weighted by Crippen LogP contribution is 2.22. The van der Waals surface area contributed by atoms with E-state index in [0.717, 1.165) is 29.5 Å². The zero-order valence-corrected chi connectivity index (χ0v) is 19.5. The third-order valence-electron chi connectivity index (χ3n) is 5.38. The average molecular weight is 473 g/mol. The summed E-state index contributed by atoms with van der Waals surface area (Å²) >= 11 is 1.34. The number of piperidine rings is 1. The summed E-state index contributed by atoms with van der Waals surface area (Å²) in [4.78, 5) is 28.9. The maximum atomic E-state index is 12.8. The molecule has 0 atom stereocenters. The monoisotopic (exact) mass is 472 g/mol. The van der Waals surface area contributed by atoms with E-state index in [1.807, 2.05) is 23.7 Å². The van der Waals surface area contributed by atoms with Crippen LogP contribution in [0.1, 0.15) is 36.5 Å². The molecule has 3 aromatic rings. The van der Waals surface area contributed by atoms with Crippen molar-refractivity contribution in [3.63, 3.8) is 0 Å². The Hall–Kier alpha value is -2.82. The van der Waals surface area contributed by atoms with Crippen LogP contribution in [0, 0.1) is 0 Å². The number of thiazole rings is 1. The van der Waals surface area contributed by atoms with Crippen LogP contribution in [0.4, 0.5) is 5.69 Å². The number of benzene rings is 2. The molecule has 1 fully saturated rings. The van der Waals surface area contributed by atoms with Crippen molar-refractivity contribution < 1.29 is 18.0 Å². The lowest BCUT2D eigenvalue weighted by Crippen LogP contribution is -2.35. The van der Waals surface area contributed by atoms with Crippen LogP contribution in [0.25, 0.3) is 10.2 Å². The van der Waals surface area contributed by atoms with Gasteiger partial charge >= 0.3 is 0 Å². The number of sulfonamides is 1. The molecule has 0 unspecified atom stereocenters. The molecule has 8 nitrogen and oxygen atoms in total. The second-order valence-corrected chi connectivity index (χ2v) is 10.7. The minimum absolute atomic E-state index is 0.156. The Morgan fingerprint density at radius 3 is 2.38 bits per heavy atom. The zero-order valence-electron chi connectivity index (χ0n) is 17.9. The predicted octanol–water partition coefficient (Wildman–Crippen LogP) is 3.11. The third kappa shape index (κ3) is 4.52. The van der Waals surface area contributed by atoms with Gasteiger partial charge in [0.25, 0.3) is 5.91 Å². The van der Waals surface area contributed by atoms with Gasteiger partial charge in [0.05, 0.1) is 15.1 Å². The van der Waals surface area contributed by atoms with Gasteiger partial charge in [-0.25, -0.2) is 8.42 Å². The highest BCUT2D eigenvalue weighted by molar-refractivity contribution is 7.89. The number of hydrogen-bond acceptors (Lipinski definition) is 5. The van der Waals surface area contributed by atoms with Gasteiger partial charge in [0.15, 0.2) is 4.80 Å². The van der Waals surface area contributed by atoms with E-state index in [4.69, 9.17) is 0 Å². The molecular formula is C22H24N4O4S2. The van der Waals surface area contributed by atoms with Crippen molar-refractivity contribution >= 4 is 49.1 Å². The number of carbonyl (C=O) groups excluding carboxylic acids is 2. The minimum Gasteiger partial charge on any atom is -0.326 e. The van der Waals surface area contributed by atoms with Crippen molar-refractivity contribution in [1.82, 2.24) is 8.87 Å². The van der Waals surface area contributed by atoms with Crippen LogP contribution in [0.15, 0.2) is 52.4 Å². The highest BCUT2D eigenvalue weighted by Gasteiger charge is 2.25. The molecule has 1 aliphatic heterocycles. The third-order valence-corrected chi connectivity index (χ3v) is 8.39. The number of aromatic nitrogens is 1. The summed E-state index contributed by atoms with van der Waals surface area (Å²) < 4.78 is 29.8. The summed E-state index contributed by atoms with van der Waals surface area (Å²) in [5, 5.41) is 2.74. The van der Waals surface area contributed by atoms with E-state index >= 15 is 0 Å². The smallest absolute Gasteiger partial charge is 0.279 e. The fourth-order valence-electron chi connectivity index (χ4n) is 3.70. The number of carbonyl (C=O) groups is 2. The molecule has 1 aliphatic rings. The number of hydrogen-bond donors (Lipinski definition) is 1. The molecule has 1 saturated heterocycles. The molecule has 2 heterocycles. The molecule has 4 rings (SSSR count). The first-order valence-electron chi connectivity index (χ1n) is 10.3. The molecule has 2 amide bonds. The largest absolute Gasteiger partial charge is 0.326 e. The normalized spacial score (nSPS) is 15.8. The fraction of sp³-hybridized carbons (Fsp3) is 0.318. The number of amides is 2. The number of fused-ring (bicyclic) bond motifs is 1. The summed E-state index contributed by atoms with van der Waals surface area (Å²) in [5.41, 5.74) is 1.88. The van der Waals surface area contributed by atoms with Crippen LogP contribution < -0.4 is 10.1 Å². The second kappa shape index (κ2) is 8.97. The van der Waals surface area contributed by atoms with Crippen molar-refractivity contribution in [1.29, 1.82) is 0 Å². The number of nitrogens with one attached hydrogen (secondary N) is 1. The Labute approximate surface area is 190 Å². The quantitative estimate of drug-likeness (QED) is 0.630. The van der Waals surface area contributed by atoms with Crippen LogP contribution in [0.5, 0.6) is 0 Å². The average Bonchev–Trinajstić information content (AvgIpc) is 3.08. The summed E-state index contributed by atoms with van der Waals surface area (Å²) in [7, 11) is -1.72. The number of anilines is 1. The van der Waals surface area contributed by atoms with E-state index in [1.165, 1.54) is 46.8 Å². The van der Waals surface area contributed by atoms with E-state index in [0.29, 0.717) is 29.1 Å². The molecule has 10 heteroatoms. The van der Waals surface area contributed by atoms with Crippen LogP contribution >= 0.6 is 11.3 Å². The van der Waals surface area contributed by atoms with Crippen molar-refractivity contribution in [2.75, 3.05) is 18.4 Å². The van der Waals surface area contributed by atoms with E-state index < -0.39 is 15.9 Å². The zero-order chi connectivity index (χ0) is 22.9. The van der Waals surface area contributed by atoms with Gasteiger partial charge in [-0.2, -0.15) is 9.30 Å². The van der Waals surface area contributed by atoms with Gasteiger partial charge in [-0.05, 0) is 55.3 Å². The molecule has 0 spiro atoms. The molecule has 0 saturated carbocycles. The lowest BCUT2D eigenvalue weighted by molar-refractivity contribution is -0.114. The van der Waals surface area contributed by atoms with E-state index in [2.05, 4.69) is 10.3 Å². The van der Waals surface area contributed by atoms with Gasteiger partial charge in [-0.1, -0.05) is 17.8 Å². The van der Waals surface area contributed by atoms with Crippen molar-refractivity contribution in [2.24, 2.45) is 12.0 Å². The van der Waals surface area contributed by atoms with Crippen LogP contribution in [0.3, 0.4) is 0 Å². The summed E-state index contributed by atoms with van der Waals surface area (Å²) in [6, 6.07) is 11.4. The SMILES string of the molecule is CC(=O)Nc1ccc2c(c1)sc(=NC(=O)c1ccc(S(=O)(=O)N3CCCCC3)cc1)n2C. The van der Waals surface area contributed by atoms with E-state index in [9.17, 15) is 18.0 Å². The van der Waals surface area contributed by atoms with Crippen LogP contribution in [0.2, 0.25) is 0 Å².